The molecule has 2 N–H and O–H groups in total. The number of nitrogens with one attached hydrogen (secondary N) is 2. The molecule has 1 aliphatic rings. The van der Waals surface area contributed by atoms with E-state index in [0.717, 1.165) is 27.8 Å². The summed E-state index contributed by atoms with van der Waals surface area (Å²) in [6.45, 7) is 3.55. The summed E-state index contributed by atoms with van der Waals surface area (Å²) in [5.41, 5.74) is 1.86. The number of ether oxygens (including phenoxy) is 1. The summed E-state index contributed by atoms with van der Waals surface area (Å²) >= 11 is 2.21. The Morgan fingerprint density at radius 1 is 1.50 bits per heavy atom. The number of rotatable bonds is 3. The molecule has 5 heteroatoms. The molecular formula is C13H17IN2O2. The highest BCUT2D eigenvalue weighted by molar-refractivity contribution is 14.1. The topological polar surface area (TPSA) is 50.4 Å². The highest BCUT2D eigenvalue weighted by Gasteiger charge is 2.28. The van der Waals surface area contributed by atoms with Crippen molar-refractivity contribution in [2.75, 3.05) is 20.2 Å². The first-order valence-electron chi connectivity index (χ1n) is 5.93. The van der Waals surface area contributed by atoms with Crippen LogP contribution < -0.4 is 10.6 Å². The summed E-state index contributed by atoms with van der Waals surface area (Å²) in [5, 5.41) is 6.25. The van der Waals surface area contributed by atoms with Gasteiger partial charge in [-0.25, -0.2) is 0 Å². The Labute approximate surface area is 121 Å². The Morgan fingerprint density at radius 2 is 2.28 bits per heavy atom. The van der Waals surface area contributed by atoms with Crippen LogP contribution in [0.2, 0.25) is 0 Å². The number of hydrogen-bond acceptors (Lipinski definition) is 3. The van der Waals surface area contributed by atoms with Gasteiger partial charge < -0.3 is 15.4 Å². The minimum Gasteiger partial charge on any atom is -0.378 e. The second-order valence-electron chi connectivity index (χ2n) is 4.45. The van der Waals surface area contributed by atoms with Gasteiger partial charge >= 0.3 is 0 Å². The number of carbonyl (C=O) groups is 1. The van der Waals surface area contributed by atoms with E-state index < -0.39 is 0 Å². The Bertz CT molecular complexity index is 451. The van der Waals surface area contributed by atoms with Crippen molar-refractivity contribution in [3.63, 3.8) is 0 Å². The molecule has 2 atom stereocenters. The third-order valence-corrected chi connectivity index (χ3v) is 4.65. The van der Waals surface area contributed by atoms with E-state index in [1.807, 2.05) is 25.1 Å². The number of hydrogen-bond donors (Lipinski definition) is 2. The fraction of sp³-hybridized carbons (Fsp3) is 0.462. The van der Waals surface area contributed by atoms with Crippen molar-refractivity contribution < 1.29 is 9.53 Å². The quantitative estimate of drug-likeness (QED) is 0.800. The average molecular weight is 360 g/mol. The molecule has 0 saturated carbocycles. The van der Waals surface area contributed by atoms with E-state index >= 15 is 0 Å². The van der Waals surface area contributed by atoms with Crippen LogP contribution in [-0.2, 0) is 4.74 Å². The Hall–Kier alpha value is -0.660. The van der Waals surface area contributed by atoms with Crippen LogP contribution in [0.25, 0.3) is 0 Å². The lowest BCUT2D eigenvalue weighted by molar-refractivity contribution is 0.0779. The molecule has 1 aromatic carbocycles. The van der Waals surface area contributed by atoms with E-state index in [9.17, 15) is 4.79 Å². The van der Waals surface area contributed by atoms with Crippen LogP contribution in [0.3, 0.4) is 0 Å². The van der Waals surface area contributed by atoms with Crippen molar-refractivity contribution in [3.8, 4) is 0 Å². The summed E-state index contributed by atoms with van der Waals surface area (Å²) in [6.07, 6.45) is 0.0522. The van der Waals surface area contributed by atoms with Gasteiger partial charge in [0.2, 0.25) is 0 Å². The highest BCUT2D eigenvalue weighted by Crippen LogP contribution is 2.17. The minimum atomic E-state index is -0.0288. The number of methoxy groups -OCH3 is 1. The average Bonchev–Trinajstić information content (AvgIpc) is 2.79. The molecule has 0 spiro atoms. The van der Waals surface area contributed by atoms with Crippen molar-refractivity contribution in [2.45, 2.75) is 19.1 Å². The summed E-state index contributed by atoms with van der Waals surface area (Å²) in [6, 6.07) is 5.81. The Kier molecular flexibility index (Phi) is 4.58. The molecule has 1 saturated heterocycles. The number of benzene rings is 1. The maximum Gasteiger partial charge on any atom is 0.252 e. The molecule has 2 rings (SSSR count). The SMILES string of the molecule is CO[C@H]1CNCC1NC(=O)c1cccc(C)c1I. The zero-order valence-electron chi connectivity index (χ0n) is 10.5. The third-order valence-electron chi connectivity index (χ3n) is 3.21. The van der Waals surface area contributed by atoms with Gasteiger partial charge in [0.15, 0.2) is 0 Å². The van der Waals surface area contributed by atoms with Gasteiger partial charge in [0.05, 0.1) is 17.7 Å². The van der Waals surface area contributed by atoms with Crippen molar-refractivity contribution in [3.05, 3.63) is 32.9 Å². The van der Waals surface area contributed by atoms with E-state index in [4.69, 9.17) is 4.74 Å². The van der Waals surface area contributed by atoms with Gasteiger partial charge in [-0.2, -0.15) is 0 Å². The van der Waals surface area contributed by atoms with Crippen molar-refractivity contribution in [2.24, 2.45) is 0 Å². The maximum atomic E-state index is 12.2. The molecule has 0 aromatic heterocycles. The van der Waals surface area contributed by atoms with E-state index in [2.05, 4.69) is 33.2 Å². The van der Waals surface area contributed by atoms with Crippen molar-refractivity contribution in [1.29, 1.82) is 0 Å². The molecule has 1 unspecified atom stereocenters. The molecule has 1 fully saturated rings. The van der Waals surface area contributed by atoms with Crippen LogP contribution in [0.1, 0.15) is 15.9 Å². The van der Waals surface area contributed by atoms with Crippen LogP contribution in [0, 0.1) is 10.5 Å². The predicted octanol–water partition coefficient (Wildman–Crippen LogP) is 1.32. The molecular weight excluding hydrogens is 343 g/mol. The number of aryl methyl sites for hydroxylation is 1. The van der Waals surface area contributed by atoms with E-state index in [-0.39, 0.29) is 18.1 Å². The van der Waals surface area contributed by atoms with Crippen LogP contribution in [0.15, 0.2) is 18.2 Å². The summed E-state index contributed by atoms with van der Waals surface area (Å²) in [4.78, 5) is 12.2. The molecule has 1 aliphatic heterocycles. The largest absolute Gasteiger partial charge is 0.378 e. The lowest BCUT2D eigenvalue weighted by Gasteiger charge is -2.19. The molecule has 0 bridgehead atoms. The standard InChI is InChI=1S/C13H17IN2O2/c1-8-4-3-5-9(12(8)14)13(17)16-10-6-15-7-11(10)18-2/h3-5,10-11,15H,6-7H2,1-2H3,(H,16,17)/t10?,11-/m0/s1. The lowest BCUT2D eigenvalue weighted by atomic mass is 10.1. The van der Waals surface area contributed by atoms with E-state index in [1.54, 1.807) is 7.11 Å². The van der Waals surface area contributed by atoms with Crippen molar-refractivity contribution in [1.82, 2.24) is 10.6 Å². The predicted molar refractivity (Wildman–Crippen MR) is 78.8 cm³/mol. The first-order valence-corrected chi connectivity index (χ1v) is 7.01. The van der Waals surface area contributed by atoms with Crippen LogP contribution in [-0.4, -0.2) is 38.3 Å². The van der Waals surface area contributed by atoms with Gasteiger partial charge in [-0.05, 0) is 41.1 Å². The summed E-state index contributed by atoms with van der Waals surface area (Å²) in [5.74, 6) is -0.0288. The van der Waals surface area contributed by atoms with Gasteiger partial charge in [0, 0.05) is 23.8 Å². The number of amides is 1. The second-order valence-corrected chi connectivity index (χ2v) is 5.53. The molecule has 4 nitrogen and oxygen atoms in total. The minimum absolute atomic E-state index is 0.0288. The van der Waals surface area contributed by atoms with Crippen LogP contribution in [0.5, 0.6) is 0 Å². The summed E-state index contributed by atoms with van der Waals surface area (Å²) < 4.78 is 6.34. The summed E-state index contributed by atoms with van der Waals surface area (Å²) in [7, 11) is 1.67. The fourth-order valence-corrected chi connectivity index (χ4v) is 2.72. The molecule has 98 valence electrons. The van der Waals surface area contributed by atoms with E-state index in [0.29, 0.717) is 0 Å². The van der Waals surface area contributed by atoms with Crippen molar-refractivity contribution >= 4 is 28.5 Å². The first-order chi connectivity index (χ1) is 8.63. The monoisotopic (exact) mass is 360 g/mol. The van der Waals surface area contributed by atoms with Crippen LogP contribution >= 0.6 is 22.6 Å². The van der Waals surface area contributed by atoms with Gasteiger partial charge in [0.25, 0.3) is 5.91 Å². The van der Waals surface area contributed by atoms with Gasteiger partial charge in [-0.15, -0.1) is 0 Å². The molecule has 1 heterocycles. The Morgan fingerprint density at radius 3 is 3.00 bits per heavy atom. The molecule has 0 aliphatic carbocycles. The second kappa shape index (κ2) is 5.99. The van der Waals surface area contributed by atoms with Gasteiger partial charge in [-0.1, -0.05) is 12.1 Å². The van der Waals surface area contributed by atoms with Gasteiger partial charge in [-0.3, -0.25) is 4.79 Å². The zero-order valence-corrected chi connectivity index (χ0v) is 12.7. The maximum absolute atomic E-state index is 12.2. The lowest BCUT2D eigenvalue weighted by Crippen LogP contribution is -2.43. The number of carbonyl (C=O) groups excluding carboxylic acids is 1. The Balaban J connectivity index is 2.10. The number of halogens is 1. The van der Waals surface area contributed by atoms with Crippen LogP contribution in [0.4, 0.5) is 0 Å². The molecule has 1 aromatic rings. The van der Waals surface area contributed by atoms with E-state index in [1.165, 1.54) is 0 Å². The first kappa shape index (κ1) is 13.8. The molecule has 0 radical (unpaired) electrons. The van der Waals surface area contributed by atoms with Gasteiger partial charge in [0.1, 0.15) is 0 Å². The highest BCUT2D eigenvalue weighted by atomic mass is 127. The third kappa shape index (κ3) is 2.84. The smallest absolute Gasteiger partial charge is 0.252 e. The molecule has 18 heavy (non-hydrogen) atoms. The fourth-order valence-electron chi connectivity index (χ4n) is 2.12. The normalized spacial score (nSPS) is 23.1. The zero-order chi connectivity index (χ0) is 13.1. The molecule has 1 amide bonds.